The molecule has 3 N–H and O–H groups in total. The molecule has 1 aromatic carbocycles. The van der Waals surface area contributed by atoms with E-state index in [9.17, 15) is 14.4 Å². The summed E-state index contributed by atoms with van der Waals surface area (Å²) in [6.07, 6.45) is 0.0435. The average molecular weight is 361 g/mol. The summed E-state index contributed by atoms with van der Waals surface area (Å²) in [4.78, 5) is 36.2. The summed E-state index contributed by atoms with van der Waals surface area (Å²) in [5.41, 5.74) is 5.88. The van der Waals surface area contributed by atoms with Crippen molar-refractivity contribution >= 4 is 47.6 Å². The van der Waals surface area contributed by atoms with Crippen molar-refractivity contribution in [1.82, 2.24) is 0 Å². The summed E-state index contributed by atoms with van der Waals surface area (Å²) in [5, 5.41) is 8.14. The molecule has 0 saturated carbocycles. The van der Waals surface area contributed by atoms with Crippen LogP contribution < -0.4 is 15.4 Å². The van der Waals surface area contributed by atoms with Gasteiger partial charge in [0.15, 0.2) is 0 Å². The number of aliphatic carboxylic acids is 1. The predicted molar refractivity (Wildman–Crippen MR) is 89.2 cm³/mol. The molecular weight excluding hydrogens is 344 g/mol. The van der Waals surface area contributed by atoms with Gasteiger partial charge in [-0.05, 0) is 24.3 Å². The molecule has 1 aromatic rings. The molecule has 0 aromatic heterocycles. The highest BCUT2D eigenvalue weighted by Crippen LogP contribution is 2.30. The summed E-state index contributed by atoms with van der Waals surface area (Å²) in [5.74, 6) is -1.08. The standard InChI is InChI=1S/C14H16N2O5S.ClH/c1-21-9-4-2-8(3-5-9)16-12(17)6-11(13(16)18)22-7-10(15)14(19)20;/h2-5,10-11H,6-7,15H2,1H3,(H,19,20);1H. The number of carboxylic acids is 1. The van der Waals surface area contributed by atoms with Gasteiger partial charge < -0.3 is 15.6 Å². The van der Waals surface area contributed by atoms with Crippen LogP contribution in [-0.4, -0.2) is 47.0 Å². The van der Waals surface area contributed by atoms with Crippen LogP contribution >= 0.6 is 24.2 Å². The predicted octanol–water partition coefficient (Wildman–Crippen LogP) is 0.894. The number of amides is 2. The molecule has 1 heterocycles. The van der Waals surface area contributed by atoms with Gasteiger partial charge in [-0.1, -0.05) is 0 Å². The van der Waals surface area contributed by atoms with Crippen LogP contribution in [0.4, 0.5) is 5.69 Å². The Balaban J connectivity index is 0.00000264. The number of carboxylic acid groups (broad SMARTS) is 1. The van der Waals surface area contributed by atoms with Gasteiger partial charge in [0.25, 0.3) is 0 Å². The van der Waals surface area contributed by atoms with Gasteiger partial charge in [0.05, 0.1) is 18.0 Å². The van der Waals surface area contributed by atoms with Gasteiger partial charge in [0.2, 0.25) is 11.8 Å². The van der Waals surface area contributed by atoms with Crippen LogP contribution in [0.1, 0.15) is 6.42 Å². The van der Waals surface area contributed by atoms with Crippen molar-refractivity contribution in [3.05, 3.63) is 24.3 Å². The van der Waals surface area contributed by atoms with Gasteiger partial charge in [-0.15, -0.1) is 24.2 Å². The minimum absolute atomic E-state index is 0. The van der Waals surface area contributed by atoms with E-state index in [4.69, 9.17) is 15.6 Å². The highest BCUT2D eigenvalue weighted by atomic mass is 35.5. The lowest BCUT2D eigenvalue weighted by Gasteiger charge is -2.15. The molecule has 1 aliphatic rings. The minimum Gasteiger partial charge on any atom is -0.497 e. The zero-order valence-electron chi connectivity index (χ0n) is 12.3. The first-order chi connectivity index (χ1) is 10.4. The number of halogens is 1. The van der Waals surface area contributed by atoms with Gasteiger partial charge in [-0.3, -0.25) is 14.4 Å². The Hall–Kier alpha value is -1.77. The molecule has 1 aliphatic heterocycles. The Bertz CT molecular complexity index is 595. The third kappa shape index (κ3) is 4.37. The monoisotopic (exact) mass is 360 g/mol. The van der Waals surface area contributed by atoms with Crippen molar-refractivity contribution in [2.75, 3.05) is 17.8 Å². The number of nitrogens with zero attached hydrogens (tertiary/aromatic N) is 1. The maximum atomic E-state index is 12.3. The fourth-order valence-corrected chi connectivity index (χ4v) is 3.12. The molecule has 9 heteroatoms. The smallest absolute Gasteiger partial charge is 0.321 e. The van der Waals surface area contributed by atoms with E-state index in [2.05, 4.69) is 0 Å². The fraction of sp³-hybridized carbons (Fsp3) is 0.357. The molecule has 2 atom stereocenters. The van der Waals surface area contributed by atoms with E-state index in [0.29, 0.717) is 11.4 Å². The minimum atomic E-state index is -1.13. The van der Waals surface area contributed by atoms with Crippen LogP contribution in [0.25, 0.3) is 0 Å². The summed E-state index contributed by atoms with van der Waals surface area (Å²) >= 11 is 1.10. The normalized spacial score (nSPS) is 18.5. The van der Waals surface area contributed by atoms with Gasteiger partial charge in [-0.2, -0.15) is 0 Å². The summed E-state index contributed by atoms with van der Waals surface area (Å²) < 4.78 is 5.03. The molecule has 1 fully saturated rings. The Morgan fingerprint density at radius 3 is 2.57 bits per heavy atom. The van der Waals surface area contributed by atoms with E-state index in [1.165, 1.54) is 7.11 Å². The lowest BCUT2D eigenvalue weighted by atomic mass is 10.3. The first-order valence-corrected chi connectivity index (χ1v) is 7.59. The summed E-state index contributed by atoms with van der Waals surface area (Å²) in [6, 6.07) is 5.53. The number of hydrogen-bond acceptors (Lipinski definition) is 6. The largest absolute Gasteiger partial charge is 0.497 e. The average Bonchev–Trinajstić information content (AvgIpc) is 2.79. The second kappa shape index (κ2) is 8.19. The van der Waals surface area contributed by atoms with E-state index < -0.39 is 17.3 Å². The van der Waals surface area contributed by atoms with Gasteiger partial charge >= 0.3 is 5.97 Å². The van der Waals surface area contributed by atoms with Crippen LogP contribution in [0.3, 0.4) is 0 Å². The number of thioether (sulfide) groups is 1. The van der Waals surface area contributed by atoms with Crippen LogP contribution in [0, 0.1) is 0 Å². The van der Waals surface area contributed by atoms with Crippen molar-refractivity contribution in [2.24, 2.45) is 5.73 Å². The zero-order chi connectivity index (χ0) is 16.3. The molecule has 0 radical (unpaired) electrons. The van der Waals surface area contributed by atoms with Crippen LogP contribution in [-0.2, 0) is 14.4 Å². The van der Waals surface area contributed by atoms with Crippen molar-refractivity contribution in [3.63, 3.8) is 0 Å². The zero-order valence-corrected chi connectivity index (χ0v) is 13.9. The molecule has 2 amide bonds. The number of anilines is 1. The van der Waals surface area contributed by atoms with Crippen molar-refractivity contribution in [2.45, 2.75) is 17.7 Å². The fourth-order valence-electron chi connectivity index (χ4n) is 2.03. The molecule has 7 nitrogen and oxygen atoms in total. The Morgan fingerprint density at radius 2 is 2.04 bits per heavy atom. The molecule has 0 bridgehead atoms. The van der Waals surface area contributed by atoms with E-state index in [1.807, 2.05) is 0 Å². The van der Waals surface area contributed by atoms with Crippen molar-refractivity contribution in [3.8, 4) is 5.75 Å². The van der Waals surface area contributed by atoms with Crippen LogP contribution in [0.15, 0.2) is 24.3 Å². The first kappa shape index (κ1) is 19.3. The van der Waals surface area contributed by atoms with E-state index in [-0.39, 0.29) is 36.4 Å². The number of carbonyl (C=O) groups is 3. The van der Waals surface area contributed by atoms with E-state index in [0.717, 1.165) is 16.7 Å². The Morgan fingerprint density at radius 1 is 1.43 bits per heavy atom. The highest BCUT2D eigenvalue weighted by molar-refractivity contribution is 8.00. The summed E-state index contributed by atoms with van der Waals surface area (Å²) in [7, 11) is 1.53. The first-order valence-electron chi connectivity index (χ1n) is 6.55. The number of ether oxygens (including phenoxy) is 1. The summed E-state index contributed by atoms with van der Waals surface area (Å²) in [6.45, 7) is 0. The van der Waals surface area contributed by atoms with Gasteiger partial charge in [0, 0.05) is 12.2 Å². The number of benzene rings is 1. The third-order valence-electron chi connectivity index (χ3n) is 3.23. The number of nitrogens with two attached hydrogens (primary N) is 1. The molecule has 0 aliphatic carbocycles. The second-order valence-corrected chi connectivity index (χ2v) is 5.97. The topological polar surface area (TPSA) is 110 Å². The molecule has 2 rings (SSSR count). The molecular formula is C14H17ClN2O5S. The molecule has 126 valence electrons. The van der Waals surface area contributed by atoms with Crippen molar-refractivity contribution in [1.29, 1.82) is 0 Å². The second-order valence-electron chi connectivity index (χ2n) is 4.74. The van der Waals surface area contributed by atoms with Crippen LogP contribution in [0.2, 0.25) is 0 Å². The number of rotatable bonds is 6. The Labute approximate surface area is 143 Å². The molecule has 1 saturated heterocycles. The SMILES string of the molecule is COc1ccc(N2C(=O)CC(SCC(N)C(=O)O)C2=O)cc1.Cl. The van der Waals surface area contributed by atoms with Crippen molar-refractivity contribution < 1.29 is 24.2 Å². The lowest BCUT2D eigenvalue weighted by molar-refractivity contribution is -0.138. The number of methoxy groups -OCH3 is 1. The number of hydrogen-bond donors (Lipinski definition) is 2. The van der Waals surface area contributed by atoms with Gasteiger partial charge in [-0.25, -0.2) is 4.90 Å². The Kier molecular flexibility index (Phi) is 6.86. The maximum Gasteiger partial charge on any atom is 0.321 e. The highest BCUT2D eigenvalue weighted by Gasteiger charge is 2.40. The van der Waals surface area contributed by atoms with Gasteiger partial charge in [0.1, 0.15) is 11.8 Å². The van der Waals surface area contributed by atoms with E-state index >= 15 is 0 Å². The molecule has 2 unspecified atom stereocenters. The third-order valence-corrected chi connectivity index (χ3v) is 4.55. The molecule has 0 spiro atoms. The number of imide groups is 1. The maximum absolute atomic E-state index is 12.3. The van der Waals surface area contributed by atoms with Crippen LogP contribution in [0.5, 0.6) is 5.75 Å². The van der Waals surface area contributed by atoms with E-state index in [1.54, 1.807) is 24.3 Å². The number of carbonyl (C=O) groups excluding carboxylic acids is 2. The molecule has 23 heavy (non-hydrogen) atoms. The quantitative estimate of drug-likeness (QED) is 0.725. The lowest BCUT2D eigenvalue weighted by Crippen LogP contribution is -2.35.